The number of aromatic amines is 1. The molecule has 3 aromatic carbocycles. The van der Waals surface area contributed by atoms with Crippen LogP contribution in [0.1, 0.15) is 22.5 Å². The Balaban J connectivity index is 1.30. The van der Waals surface area contributed by atoms with Crippen LogP contribution >= 0.6 is 0 Å². The third-order valence-electron chi connectivity index (χ3n) is 5.97. The van der Waals surface area contributed by atoms with Crippen molar-refractivity contribution in [3.05, 3.63) is 101 Å². The second-order valence-corrected chi connectivity index (χ2v) is 8.59. The molecule has 0 amide bonds. The third-order valence-corrected chi connectivity index (χ3v) is 5.97. The number of methoxy groups -OCH3 is 1. The van der Waals surface area contributed by atoms with Gasteiger partial charge in [0.2, 0.25) is 0 Å². The second kappa shape index (κ2) is 10.9. The van der Waals surface area contributed by atoms with Crippen molar-refractivity contribution in [2.75, 3.05) is 7.11 Å². The zero-order valence-electron chi connectivity index (χ0n) is 20.9. The predicted octanol–water partition coefficient (Wildman–Crippen LogP) is 5.71. The fourth-order valence-corrected chi connectivity index (χ4v) is 4.10. The van der Waals surface area contributed by atoms with Crippen LogP contribution in [0.2, 0.25) is 0 Å². The van der Waals surface area contributed by atoms with Crippen molar-refractivity contribution in [2.45, 2.75) is 27.1 Å². The summed E-state index contributed by atoms with van der Waals surface area (Å²) in [6.07, 6.45) is 0. The molecule has 2 heterocycles. The zero-order chi connectivity index (χ0) is 25.6. The lowest BCUT2D eigenvalue weighted by molar-refractivity contribution is 0.253. The van der Waals surface area contributed by atoms with E-state index in [4.69, 9.17) is 14.2 Å². The van der Waals surface area contributed by atoms with Gasteiger partial charge >= 0.3 is 0 Å². The van der Waals surface area contributed by atoms with Gasteiger partial charge in [0.15, 0.2) is 17.3 Å². The summed E-state index contributed by atoms with van der Waals surface area (Å²) in [5, 5.41) is 14.3. The summed E-state index contributed by atoms with van der Waals surface area (Å²) >= 11 is 0. The van der Waals surface area contributed by atoms with Gasteiger partial charge in [-0.2, -0.15) is 0 Å². The molecule has 0 bridgehead atoms. The van der Waals surface area contributed by atoms with E-state index < -0.39 is 0 Å². The molecule has 0 radical (unpaired) electrons. The van der Waals surface area contributed by atoms with Crippen LogP contribution in [0.15, 0.2) is 78.9 Å². The number of benzene rings is 3. The van der Waals surface area contributed by atoms with Crippen molar-refractivity contribution in [1.82, 2.24) is 25.6 Å². The van der Waals surface area contributed by atoms with Crippen molar-refractivity contribution in [3.63, 3.8) is 0 Å². The molecule has 0 fully saturated rings. The SMILES string of the molecule is COc1ccc(COc2c(OCc3ccc(-c4ccccc4-c4nnn[nH]4)cc3)cc(C)nc2C)cc1. The largest absolute Gasteiger partial charge is 0.497 e. The summed E-state index contributed by atoms with van der Waals surface area (Å²) in [6, 6.07) is 26.0. The fourth-order valence-electron chi connectivity index (χ4n) is 4.10. The molecule has 186 valence electrons. The summed E-state index contributed by atoms with van der Waals surface area (Å²) in [6.45, 7) is 4.68. The minimum absolute atomic E-state index is 0.399. The summed E-state index contributed by atoms with van der Waals surface area (Å²) in [4.78, 5) is 4.56. The minimum atomic E-state index is 0.399. The van der Waals surface area contributed by atoms with Crippen molar-refractivity contribution in [3.8, 4) is 39.8 Å². The van der Waals surface area contributed by atoms with Crippen LogP contribution in [-0.4, -0.2) is 32.7 Å². The Morgan fingerprint density at radius 3 is 2.14 bits per heavy atom. The molecule has 8 heteroatoms. The minimum Gasteiger partial charge on any atom is -0.497 e. The molecule has 0 aliphatic heterocycles. The molecule has 0 spiro atoms. The first-order valence-electron chi connectivity index (χ1n) is 11.9. The molecule has 37 heavy (non-hydrogen) atoms. The van der Waals surface area contributed by atoms with E-state index in [1.807, 2.05) is 62.4 Å². The molecular weight excluding hydrogens is 466 g/mol. The first kappa shape index (κ1) is 24.0. The Hall–Kier alpha value is -4.72. The molecule has 0 unspecified atom stereocenters. The van der Waals surface area contributed by atoms with Gasteiger partial charge in [-0.15, -0.1) is 5.10 Å². The number of rotatable bonds is 9. The van der Waals surface area contributed by atoms with E-state index in [-0.39, 0.29) is 0 Å². The number of pyridine rings is 1. The third kappa shape index (κ3) is 5.59. The van der Waals surface area contributed by atoms with Crippen molar-refractivity contribution >= 4 is 0 Å². The second-order valence-electron chi connectivity index (χ2n) is 8.59. The van der Waals surface area contributed by atoms with Crippen LogP contribution in [0.4, 0.5) is 0 Å². The predicted molar refractivity (Wildman–Crippen MR) is 140 cm³/mol. The van der Waals surface area contributed by atoms with E-state index in [2.05, 4.69) is 55.9 Å². The monoisotopic (exact) mass is 493 g/mol. The van der Waals surface area contributed by atoms with Gasteiger partial charge in [-0.25, -0.2) is 5.10 Å². The van der Waals surface area contributed by atoms with Crippen LogP contribution in [0.3, 0.4) is 0 Å². The van der Waals surface area contributed by atoms with E-state index >= 15 is 0 Å². The van der Waals surface area contributed by atoms with Crippen LogP contribution in [0.5, 0.6) is 17.2 Å². The van der Waals surface area contributed by atoms with Gasteiger partial charge < -0.3 is 14.2 Å². The first-order chi connectivity index (χ1) is 18.1. The van der Waals surface area contributed by atoms with E-state index in [9.17, 15) is 0 Å². The Kier molecular flexibility index (Phi) is 7.07. The molecule has 0 atom stereocenters. The normalized spacial score (nSPS) is 10.8. The highest BCUT2D eigenvalue weighted by molar-refractivity contribution is 5.80. The number of nitrogens with one attached hydrogen (secondary N) is 1. The van der Waals surface area contributed by atoms with Crippen LogP contribution in [0.25, 0.3) is 22.5 Å². The van der Waals surface area contributed by atoms with Gasteiger partial charge in [-0.05, 0) is 58.7 Å². The zero-order valence-corrected chi connectivity index (χ0v) is 20.9. The summed E-state index contributed by atoms with van der Waals surface area (Å²) in [5.74, 6) is 2.76. The van der Waals surface area contributed by atoms with E-state index in [1.165, 1.54) is 0 Å². The quantitative estimate of drug-likeness (QED) is 0.281. The molecule has 0 aliphatic rings. The number of nitrogens with zero attached hydrogens (tertiary/aromatic N) is 4. The number of hydrogen-bond donors (Lipinski definition) is 1. The standard InChI is InChI=1S/C29H27N5O3/c1-19-16-27(28(20(2)30-19)37-18-22-10-14-24(35-3)15-11-22)36-17-21-8-12-23(13-9-21)25-6-4-5-7-26(25)29-31-33-34-32-29/h4-16H,17-18H2,1-3H3,(H,31,32,33,34). The molecule has 8 nitrogen and oxygen atoms in total. The average molecular weight is 494 g/mol. The molecular formula is C29H27N5O3. The average Bonchev–Trinajstić information content (AvgIpc) is 3.47. The molecule has 5 aromatic rings. The topological polar surface area (TPSA) is 95.0 Å². The first-order valence-corrected chi connectivity index (χ1v) is 11.9. The van der Waals surface area contributed by atoms with E-state index in [0.29, 0.717) is 30.5 Å². The highest BCUT2D eigenvalue weighted by atomic mass is 16.5. The Bertz CT molecular complexity index is 1470. The lowest BCUT2D eigenvalue weighted by Gasteiger charge is -2.16. The fraction of sp³-hybridized carbons (Fsp3) is 0.172. The Labute approximate surface area is 215 Å². The maximum atomic E-state index is 6.22. The molecule has 2 aromatic heterocycles. The molecule has 0 aliphatic carbocycles. The van der Waals surface area contributed by atoms with Crippen molar-refractivity contribution < 1.29 is 14.2 Å². The summed E-state index contributed by atoms with van der Waals surface area (Å²) in [5.41, 5.74) is 6.78. The smallest absolute Gasteiger partial charge is 0.182 e. The highest BCUT2D eigenvalue weighted by Gasteiger charge is 2.13. The number of ether oxygens (including phenoxy) is 3. The van der Waals surface area contributed by atoms with E-state index in [1.54, 1.807) is 7.11 Å². The summed E-state index contributed by atoms with van der Waals surface area (Å²) < 4.78 is 17.6. The lowest BCUT2D eigenvalue weighted by Crippen LogP contribution is -2.04. The van der Waals surface area contributed by atoms with Gasteiger partial charge in [0.05, 0.1) is 12.8 Å². The van der Waals surface area contributed by atoms with Crippen LogP contribution < -0.4 is 14.2 Å². The van der Waals surface area contributed by atoms with Gasteiger partial charge in [0, 0.05) is 17.3 Å². The Morgan fingerprint density at radius 1 is 0.784 bits per heavy atom. The molecule has 5 rings (SSSR count). The molecule has 0 saturated carbocycles. The van der Waals surface area contributed by atoms with Gasteiger partial charge in [-0.3, -0.25) is 4.98 Å². The highest BCUT2D eigenvalue weighted by Crippen LogP contribution is 2.33. The number of aryl methyl sites for hydroxylation is 2. The van der Waals surface area contributed by atoms with Crippen molar-refractivity contribution in [1.29, 1.82) is 0 Å². The number of H-pyrrole nitrogens is 1. The van der Waals surface area contributed by atoms with E-state index in [0.717, 1.165) is 45.0 Å². The van der Waals surface area contributed by atoms with Crippen LogP contribution in [0, 0.1) is 13.8 Å². The van der Waals surface area contributed by atoms with Crippen LogP contribution in [-0.2, 0) is 13.2 Å². The lowest BCUT2D eigenvalue weighted by atomic mass is 9.98. The van der Waals surface area contributed by atoms with Gasteiger partial charge in [0.25, 0.3) is 0 Å². The summed E-state index contributed by atoms with van der Waals surface area (Å²) in [7, 11) is 1.65. The molecule has 1 N–H and O–H groups in total. The maximum absolute atomic E-state index is 6.22. The van der Waals surface area contributed by atoms with Gasteiger partial charge in [-0.1, -0.05) is 60.7 Å². The van der Waals surface area contributed by atoms with Gasteiger partial charge in [0.1, 0.15) is 19.0 Å². The number of tetrazole rings is 1. The molecule has 0 saturated heterocycles. The number of aromatic nitrogens is 5. The Morgan fingerprint density at radius 2 is 1.46 bits per heavy atom. The number of hydrogen-bond acceptors (Lipinski definition) is 7. The maximum Gasteiger partial charge on any atom is 0.182 e. The van der Waals surface area contributed by atoms with Crippen molar-refractivity contribution in [2.24, 2.45) is 0 Å².